The number of carboxylic acids is 2. The fourth-order valence-corrected chi connectivity index (χ4v) is 5.81. The fraction of sp³-hybridized carbons (Fsp3) is 0.0968. The summed E-state index contributed by atoms with van der Waals surface area (Å²) in [6.07, 6.45) is 4.96. The molecule has 0 radical (unpaired) electrons. The van der Waals surface area contributed by atoms with Gasteiger partial charge in [-0.2, -0.15) is 0 Å². The van der Waals surface area contributed by atoms with Crippen molar-refractivity contribution in [2.75, 3.05) is 5.32 Å². The standard InChI is InChI=1S/C31H16N2O5S3/c1-3-4-5-6-7-8-9-10-11-12-17-26(30(37)38)40-31-33-24-19-18-22(20-27(24)41-31)32-28(34)23-15-13-14-16-25(23)39-21(2)29(35)36/h1,13-16,18-21,26H,2H3,(H,32,34)(H,35,36)(H,37,38). The van der Waals surface area contributed by atoms with Gasteiger partial charge >= 0.3 is 11.9 Å². The lowest BCUT2D eigenvalue weighted by Crippen LogP contribution is -2.15. The first-order valence-electron chi connectivity index (χ1n) is 11.3. The number of carbonyl (C=O) groups excluding carboxylic acids is 1. The van der Waals surface area contributed by atoms with Crippen molar-refractivity contribution in [3.63, 3.8) is 0 Å². The first-order chi connectivity index (χ1) is 19.8. The van der Waals surface area contributed by atoms with E-state index in [0.29, 0.717) is 26.0 Å². The molecule has 198 valence electrons. The Morgan fingerprint density at radius 3 is 2.22 bits per heavy atom. The van der Waals surface area contributed by atoms with Crippen molar-refractivity contribution >= 4 is 68.6 Å². The molecule has 3 N–H and O–H groups in total. The predicted molar refractivity (Wildman–Crippen MR) is 162 cm³/mol. The molecule has 0 bridgehead atoms. The highest BCUT2D eigenvalue weighted by Gasteiger charge is 2.20. The van der Waals surface area contributed by atoms with E-state index >= 15 is 0 Å². The molecule has 1 heterocycles. The quantitative estimate of drug-likeness (QED) is 0.262. The normalized spacial score (nSPS) is 10.5. The monoisotopic (exact) mass is 592 g/mol. The summed E-state index contributed by atoms with van der Waals surface area (Å²) in [6.45, 7) is 1.55. The number of fused-ring (bicyclic) bond motifs is 1. The summed E-state index contributed by atoms with van der Waals surface area (Å²) in [4.78, 5) is 40.9. The molecule has 0 aliphatic rings. The molecule has 3 aromatic rings. The number of terminal acetylenes is 1. The zero-order valence-corrected chi connectivity index (χ0v) is 23.5. The van der Waals surface area contributed by atoms with E-state index in [9.17, 15) is 24.6 Å². The van der Waals surface area contributed by atoms with Gasteiger partial charge < -0.3 is 15.5 Å². The fourth-order valence-electron chi connectivity index (χ4n) is 2.83. The number of aliphatic carboxylic acids is 2. The number of benzene rings is 2. The second-order valence-electron chi connectivity index (χ2n) is 7.46. The lowest BCUT2D eigenvalue weighted by Gasteiger charge is -2.12. The topological polar surface area (TPSA) is 117 Å². The van der Waals surface area contributed by atoms with Crippen LogP contribution in [0.4, 0.5) is 5.69 Å². The molecule has 0 aliphatic carbocycles. The Bertz CT molecular complexity index is 1880. The van der Waals surface area contributed by atoms with E-state index in [1.54, 1.807) is 49.4 Å². The Morgan fingerprint density at radius 2 is 1.56 bits per heavy atom. The van der Waals surface area contributed by atoms with Crippen LogP contribution in [0.2, 0.25) is 0 Å². The molecule has 1 amide bonds. The van der Waals surface area contributed by atoms with E-state index in [4.69, 9.17) is 6.42 Å². The maximum atomic E-state index is 13.0. The number of anilines is 1. The van der Waals surface area contributed by atoms with Gasteiger partial charge in [0, 0.05) is 10.6 Å². The summed E-state index contributed by atoms with van der Waals surface area (Å²) in [5, 5.41) is 19.8. The second-order valence-corrected chi connectivity index (χ2v) is 11.2. The van der Waals surface area contributed by atoms with Crippen molar-refractivity contribution in [3.05, 3.63) is 48.0 Å². The van der Waals surface area contributed by atoms with Crippen LogP contribution in [-0.2, 0) is 9.59 Å². The highest BCUT2D eigenvalue weighted by Crippen LogP contribution is 2.34. The van der Waals surface area contributed by atoms with E-state index in [-0.39, 0.29) is 5.91 Å². The van der Waals surface area contributed by atoms with Crippen LogP contribution in [0.3, 0.4) is 0 Å². The number of carbonyl (C=O) groups is 3. The van der Waals surface area contributed by atoms with E-state index in [2.05, 4.69) is 75.4 Å². The lowest BCUT2D eigenvalue weighted by atomic mass is 10.2. The zero-order valence-electron chi connectivity index (χ0n) is 21.1. The third-order valence-electron chi connectivity index (χ3n) is 4.63. The molecule has 2 atom stereocenters. The van der Waals surface area contributed by atoms with Crippen molar-refractivity contribution in [2.24, 2.45) is 0 Å². The van der Waals surface area contributed by atoms with Crippen LogP contribution in [0.5, 0.6) is 0 Å². The first-order valence-corrected chi connectivity index (χ1v) is 13.9. The number of hydrogen-bond donors (Lipinski definition) is 3. The van der Waals surface area contributed by atoms with Gasteiger partial charge in [0.25, 0.3) is 5.91 Å². The van der Waals surface area contributed by atoms with Crippen LogP contribution in [0.15, 0.2) is 51.7 Å². The van der Waals surface area contributed by atoms with E-state index < -0.39 is 22.4 Å². The Labute approximate surface area is 248 Å². The van der Waals surface area contributed by atoms with Crippen molar-refractivity contribution in [2.45, 2.75) is 26.7 Å². The average molecular weight is 593 g/mol. The van der Waals surface area contributed by atoms with Gasteiger partial charge in [0.15, 0.2) is 9.59 Å². The Morgan fingerprint density at radius 1 is 0.902 bits per heavy atom. The summed E-state index contributed by atoms with van der Waals surface area (Å²) >= 11 is 3.31. The number of nitrogens with one attached hydrogen (secondary N) is 1. The number of nitrogens with zero attached hydrogens (tertiary/aromatic N) is 1. The average Bonchev–Trinajstić information content (AvgIpc) is 3.35. The number of hydrogen-bond acceptors (Lipinski definition) is 7. The highest BCUT2D eigenvalue weighted by molar-refractivity contribution is 8.02. The summed E-state index contributed by atoms with van der Waals surface area (Å²) < 4.78 is 1.21. The summed E-state index contributed by atoms with van der Waals surface area (Å²) in [7, 11) is 0. The van der Waals surface area contributed by atoms with Crippen LogP contribution < -0.4 is 5.32 Å². The smallest absolute Gasteiger partial charge is 0.329 e. The molecule has 1 aromatic heterocycles. The number of thioether (sulfide) groups is 2. The number of thiazole rings is 1. The Kier molecular flexibility index (Phi) is 11.4. The van der Waals surface area contributed by atoms with Crippen LogP contribution >= 0.6 is 34.9 Å². The molecule has 0 spiro atoms. The van der Waals surface area contributed by atoms with Crippen LogP contribution in [-0.4, -0.2) is 43.5 Å². The number of carboxylic acid groups (broad SMARTS) is 2. The lowest BCUT2D eigenvalue weighted by molar-refractivity contribution is -0.136. The minimum Gasteiger partial charge on any atom is -0.480 e. The Hall–Kier alpha value is -5.20. The predicted octanol–water partition coefficient (Wildman–Crippen LogP) is 4.31. The van der Waals surface area contributed by atoms with Crippen molar-refractivity contribution in [1.29, 1.82) is 0 Å². The molecule has 10 heteroatoms. The SMILES string of the molecule is C#CC#CC#CC#CC#CC#CC(Sc1nc2ccc(NC(=O)c3ccccc3SC(C)C(=O)O)cc2s1)C(=O)O. The zero-order chi connectivity index (χ0) is 29.6. The van der Waals surface area contributed by atoms with Gasteiger partial charge in [0.2, 0.25) is 0 Å². The van der Waals surface area contributed by atoms with E-state index in [1.165, 1.54) is 11.3 Å². The molecule has 0 aliphatic heterocycles. The minimum absolute atomic E-state index is 0.352. The van der Waals surface area contributed by atoms with Crippen molar-refractivity contribution in [3.8, 4) is 71.5 Å². The molecule has 41 heavy (non-hydrogen) atoms. The summed E-state index contributed by atoms with van der Waals surface area (Å²) in [6, 6.07) is 11.9. The third kappa shape index (κ3) is 9.49. The van der Waals surface area contributed by atoms with Gasteiger partial charge in [-0.05, 0) is 96.5 Å². The maximum absolute atomic E-state index is 13.0. The van der Waals surface area contributed by atoms with E-state index in [0.717, 1.165) is 28.2 Å². The van der Waals surface area contributed by atoms with E-state index in [1.807, 2.05) is 0 Å². The molecule has 7 nitrogen and oxygen atoms in total. The molecule has 2 aromatic carbocycles. The van der Waals surface area contributed by atoms with Crippen molar-refractivity contribution < 1.29 is 24.6 Å². The van der Waals surface area contributed by atoms with Gasteiger partial charge in [-0.1, -0.05) is 29.8 Å². The molecule has 2 unspecified atom stereocenters. The van der Waals surface area contributed by atoms with Gasteiger partial charge in [-0.15, -0.1) is 29.5 Å². The van der Waals surface area contributed by atoms with Gasteiger partial charge in [0.05, 0.1) is 15.8 Å². The van der Waals surface area contributed by atoms with Crippen LogP contribution in [0, 0.1) is 71.5 Å². The van der Waals surface area contributed by atoms with Gasteiger partial charge in [0.1, 0.15) is 5.25 Å². The maximum Gasteiger partial charge on any atom is 0.329 e. The molecule has 3 rings (SSSR count). The van der Waals surface area contributed by atoms with Crippen LogP contribution in [0.1, 0.15) is 17.3 Å². The number of aromatic nitrogens is 1. The summed E-state index contributed by atoms with van der Waals surface area (Å²) in [5.41, 5.74) is 1.49. The number of amides is 1. The molecular formula is C31H16N2O5S3. The Balaban J connectivity index is 1.71. The van der Waals surface area contributed by atoms with Crippen molar-refractivity contribution in [1.82, 2.24) is 4.98 Å². The van der Waals surface area contributed by atoms with Crippen LogP contribution in [0.25, 0.3) is 10.2 Å². The molecule has 0 fully saturated rings. The summed E-state index contributed by atoms with van der Waals surface area (Å²) in [5.74, 6) is 24.0. The third-order valence-corrected chi connectivity index (χ3v) is 7.99. The highest BCUT2D eigenvalue weighted by atomic mass is 32.2. The second kappa shape index (κ2) is 15.4. The molecular weight excluding hydrogens is 577 g/mol. The molecule has 0 saturated heterocycles. The number of rotatable bonds is 8. The van der Waals surface area contributed by atoms with Gasteiger partial charge in [-0.3, -0.25) is 9.59 Å². The first kappa shape index (κ1) is 30.3. The molecule has 0 saturated carbocycles. The van der Waals surface area contributed by atoms with Gasteiger partial charge in [-0.25, -0.2) is 9.78 Å². The largest absolute Gasteiger partial charge is 0.480 e. The minimum atomic E-state index is -1.14.